The van der Waals surface area contributed by atoms with E-state index in [1.165, 1.54) is 12.1 Å². The fourth-order valence-electron chi connectivity index (χ4n) is 1.17. The van der Waals surface area contributed by atoms with Crippen LogP contribution in [-0.2, 0) is 10.0 Å². The number of nitrogens with one attached hydrogen (secondary N) is 1. The second kappa shape index (κ2) is 19.5. The Hall–Kier alpha value is -0.420. The number of aliphatic hydroxyl groups excluding tert-OH is 6. The summed E-state index contributed by atoms with van der Waals surface area (Å²) >= 11 is 3.16. The Bertz CT molecular complexity index is 593. The normalized spacial score (nSPS) is 10.8. The maximum Gasteiger partial charge on any atom is 0.241 e. The van der Waals surface area contributed by atoms with Crippen molar-refractivity contribution in [2.75, 3.05) is 39.6 Å². The van der Waals surface area contributed by atoms with Gasteiger partial charge in [0.1, 0.15) is 0 Å². The van der Waals surface area contributed by atoms with E-state index in [0.29, 0.717) is 4.47 Å². The van der Waals surface area contributed by atoms with E-state index in [-0.39, 0.29) is 43.7 Å². The van der Waals surface area contributed by atoms with E-state index in [9.17, 15) is 8.42 Å². The summed E-state index contributed by atoms with van der Waals surface area (Å²) in [7, 11) is -3.71. The summed E-state index contributed by atoms with van der Waals surface area (Å²) in [6.07, 6.45) is 0. The molecule has 1 aromatic carbocycles. The van der Waals surface area contributed by atoms with Crippen molar-refractivity contribution in [1.82, 2.24) is 4.72 Å². The molecule has 0 spiro atoms. The van der Waals surface area contributed by atoms with E-state index in [1.54, 1.807) is 12.1 Å². The van der Waals surface area contributed by atoms with Crippen molar-refractivity contribution in [2.45, 2.75) is 23.0 Å². The fraction of sp³-hybridized carbons (Fsp3) is 0.600. The highest BCUT2D eigenvalue weighted by Crippen LogP contribution is 2.16. The third-order valence-corrected chi connectivity index (χ3v) is 4.82. The molecule has 0 atom stereocenters. The quantitative estimate of drug-likeness (QED) is 0.159. The van der Waals surface area contributed by atoms with Gasteiger partial charge in [-0.25, -0.2) is 13.1 Å². The summed E-state index contributed by atoms with van der Waals surface area (Å²) in [4.78, 5) is 0.0776. The van der Waals surface area contributed by atoms with Gasteiger partial charge < -0.3 is 42.1 Å². The first-order valence-corrected chi connectivity index (χ1v) is 10.3. The lowest BCUT2D eigenvalue weighted by Crippen LogP contribution is -2.39. The van der Waals surface area contributed by atoms with E-state index in [4.69, 9.17) is 42.1 Å². The Morgan fingerprint density at radius 1 is 0.862 bits per heavy atom. The first kappa shape index (κ1) is 33.2. The van der Waals surface area contributed by atoms with Crippen LogP contribution in [0.1, 0.15) is 0 Å². The number of rotatable bonds is 9. The first-order valence-electron chi connectivity index (χ1n) is 8.05. The first-order chi connectivity index (χ1) is 13.1. The van der Waals surface area contributed by atoms with Crippen LogP contribution in [0.4, 0.5) is 0 Å². The predicted molar refractivity (Wildman–Crippen MR) is 114 cm³/mol. The molecule has 0 saturated heterocycles. The third kappa shape index (κ3) is 17.0. The molecule has 0 unspecified atom stereocenters. The molecular weight excluding hydrogens is 498 g/mol. The van der Waals surface area contributed by atoms with Crippen molar-refractivity contribution in [2.24, 2.45) is 11.5 Å². The average molecular weight is 529 g/mol. The van der Waals surface area contributed by atoms with Crippen LogP contribution in [0.5, 0.6) is 0 Å². The van der Waals surface area contributed by atoms with Crippen LogP contribution in [-0.4, -0.2) is 96.8 Å². The van der Waals surface area contributed by atoms with Crippen LogP contribution in [0.15, 0.2) is 33.6 Å². The molecule has 11 N–H and O–H groups in total. The molecule has 0 aliphatic heterocycles. The zero-order chi connectivity index (χ0) is 22.2. The van der Waals surface area contributed by atoms with Crippen molar-refractivity contribution in [1.29, 1.82) is 0 Å². The Labute approximate surface area is 185 Å². The number of halogens is 2. The highest BCUT2D eigenvalue weighted by molar-refractivity contribution is 9.10. The van der Waals surface area contributed by atoms with Crippen LogP contribution in [0.25, 0.3) is 0 Å². The van der Waals surface area contributed by atoms with E-state index in [0.717, 1.165) is 0 Å². The molecule has 174 valence electrons. The van der Waals surface area contributed by atoms with Gasteiger partial charge >= 0.3 is 0 Å². The summed E-state index contributed by atoms with van der Waals surface area (Å²) in [5.41, 5.74) is 9.94. The van der Waals surface area contributed by atoms with Crippen LogP contribution >= 0.6 is 28.3 Å². The Kier molecular flexibility index (Phi) is 22.4. The zero-order valence-corrected chi connectivity index (χ0v) is 18.9. The molecule has 0 fully saturated rings. The smallest absolute Gasteiger partial charge is 0.241 e. The molecule has 1 aromatic rings. The van der Waals surface area contributed by atoms with Gasteiger partial charge in [0, 0.05) is 4.47 Å². The van der Waals surface area contributed by atoms with Crippen molar-refractivity contribution in [3.63, 3.8) is 0 Å². The minimum absolute atomic E-state index is 0. The lowest BCUT2D eigenvalue weighted by molar-refractivity contribution is 0.185. The van der Waals surface area contributed by atoms with Gasteiger partial charge in [0.15, 0.2) is 0 Å². The summed E-state index contributed by atoms with van der Waals surface area (Å²) in [6.45, 7) is -1.48. The molecule has 0 aliphatic rings. The standard InChI is InChI=1S/C9H12BrNO4S.2C3H9NO2.ClH/c10-7-2-1-3-9(4-7)16(14,15)11-8(5-12)6-13;2*4-3(1-5)2-6;/h1-4,8,11-13H,5-6H2;2*3,5-6H,1-2,4H2;1H. The summed E-state index contributed by atoms with van der Waals surface area (Å²) in [6, 6.07) is 4.37. The van der Waals surface area contributed by atoms with Gasteiger partial charge in [0.2, 0.25) is 10.0 Å². The predicted octanol–water partition coefficient (Wildman–Crippen LogP) is -2.90. The number of hydrogen-bond donors (Lipinski definition) is 9. The molecule has 0 aliphatic carbocycles. The lowest BCUT2D eigenvalue weighted by atomic mass is 10.4. The van der Waals surface area contributed by atoms with Crippen LogP contribution in [0.2, 0.25) is 0 Å². The molecule has 11 nitrogen and oxygen atoms in total. The van der Waals surface area contributed by atoms with Crippen molar-refractivity contribution in [3.8, 4) is 0 Å². The minimum Gasteiger partial charge on any atom is -0.395 e. The Morgan fingerprint density at radius 2 is 1.28 bits per heavy atom. The number of nitrogens with two attached hydrogens (primary N) is 2. The van der Waals surface area contributed by atoms with Crippen LogP contribution in [0, 0.1) is 0 Å². The Morgan fingerprint density at radius 3 is 1.55 bits per heavy atom. The lowest BCUT2D eigenvalue weighted by Gasteiger charge is -2.13. The SMILES string of the molecule is Cl.NC(CO)CO.NC(CO)CO.O=S(=O)(NC(CO)CO)c1cccc(Br)c1. The van der Waals surface area contributed by atoms with Crippen molar-refractivity contribution < 1.29 is 39.1 Å². The monoisotopic (exact) mass is 527 g/mol. The van der Waals surface area contributed by atoms with E-state index in [1.807, 2.05) is 0 Å². The second-order valence-electron chi connectivity index (χ2n) is 5.39. The highest BCUT2D eigenvalue weighted by Gasteiger charge is 2.18. The number of aliphatic hydroxyl groups is 6. The summed E-state index contributed by atoms with van der Waals surface area (Å²) in [5, 5.41) is 49.8. The number of hydrogen-bond acceptors (Lipinski definition) is 10. The maximum atomic E-state index is 11.8. The van der Waals surface area contributed by atoms with Crippen molar-refractivity contribution in [3.05, 3.63) is 28.7 Å². The zero-order valence-electron chi connectivity index (χ0n) is 15.6. The molecule has 0 heterocycles. The fourth-order valence-corrected chi connectivity index (χ4v) is 2.98. The molecule has 0 aromatic heterocycles. The van der Waals surface area contributed by atoms with Gasteiger partial charge in [-0.1, -0.05) is 22.0 Å². The largest absolute Gasteiger partial charge is 0.395 e. The average Bonchev–Trinajstić information content (AvgIpc) is 2.71. The topological polar surface area (TPSA) is 220 Å². The van der Waals surface area contributed by atoms with Crippen molar-refractivity contribution >= 4 is 38.4 Å². The molecule has 29 heavy (non-hydrogen) atoms. The van der Waals surface area contributed by atoms with Crippen LogP contribution in [0.3, 0.4) is 0 Å². The molecule has 1 rings (SSSR count). The highest BCUT2D eigenvalue weighted by atomic mass is 79.9. The van der Waals surface area contributed by atoms with Gasteiger partial charge in [-0.2, -0.15) is 0 Å². The van der Waals surface area contributed by atoms with E-state index < -0.39 is 41.4 Å². The second-order valence-corrected chi connectivity index (χ2v) is 8.02. The summed E-state index contributed by atoms with van der Waals surface area (Å²) in [5.74, 6) is 0. The van der Waals surface area contributed by atoms with E-state index >= 15 is 0 Å². The molecule has 0 bridgehead atoms. The summed E-state index contributed by atoms with van der Waals surface area (Å²) < 4.78 is 26.3. The maximum absolute atomic E-state index is 11.8. The minimum atomic E-state index is -3.71. The molecule has 0 radical (unpaired) electrons. The van der Waals surface area contributed by atoms with Gasteiger partial charge in [0.05, 0.1) is 62.7 Å². The third-order valence-electron chi connectivity index (χ3n) is 2.81. The molecule has 0 saturated carbocycles. The number of benzene rings is 1. The van der Waals surface area contributed by atoms with Gasteiger partial charge in [-0.3, -0.25) is 0 Å². The molecule has 14 heteroatoms. The van der Waals surface area contributed by atoms with Gasteiger partial charge in [-0.15, -0.1) is 12.4 Å². The molecule has 0 amide bonds. The Balaban J connectivity index is -0.000000433. The number of sulfonamides is 1. The van der Waals surface area contributed by atoms with E-state index in [2.05, 4.69) is 20.7 Å². The van der Waals surface area contributed by atoms with Gasteiger partial charge in [-0.05, 0) is 18.2 Å². The van der Waals surface area contributed by atoms with Gasteiger partial charge in [0.25, 0.3) is 0 Å². The molecular formula is C15H31BrClN3O8S. The van der Waals surface area contributed by atoms with Crippen LogP contribution < -0.4 is 16.2 Å².